The van der Waals surface area contributed by atoms with Gasteiger partial charge in [0.25, 0.3) is 5.56 Å². The van der Waals surface area contributed by atoms with Crippen molar-refractivity contribution in [1.82, 2.24) is 20.4 Å². The van der Waals surface area contributed by atoms with Crippen molar-refractivity contribution in [2.45, 2.75) is 19.5 Å². The van der Waals surface area contributed by atoms with E-state index < -0.39 is 0 Å². The fourth-order valence-electron chi connectivity index (χ4n) is 3.38. The van der Waals surface area contributed by atoms with Crippen LogP contribution in [-0.4, -0.2) is 28.9 Å². The fraction of sp³-hybridized carbons (Fsp3) is 0.250. The van der Waals surface area contributed by atoms with Crippen LogP contribution < -0.4 is 21.5 Å². The van der Waals surface area contributed by atoms with Gasteiger partial charge in [0.1, 0.15) is 0 Å². The maximum atomic E-state index is 12.4. The summed E-state index contributed by atoms with van der Waals surface area (Å²) < 4.78 is 1.37. The highest BCUT2D eigenvalue weighted by Gasteiger charge is 2.14. The third kappa shape index (κ3) is 3.68. The van der Waals surface area contributed by atoms with Gasteiger partial charge in [-0.15, -0.1) is 0 Å². The minimum Gasteiger partial charge on any atom is -0.336 e. The van der Waals surface area contributed by atoms with Gasteiger partial charge in [0, 0.05) is 24.2 Å². The molecule has 0 aliphatic carbocycles. The molecule has 7 heteroatoms. The van der Waals surface area contributed by atoms with E-state index in [0.29, 0.717) is 18.5 Å². The summed E-state index contributed by atoms with van der Waals surface area (Å²) in [6.07, 6.45) is 2.56. The minimum absolute atomic E-state index is 0.153. The van der Waals surface area contributed by atoms with Crippen LogP contribution in [0.2, 0.25) is 0 Å². The third-order valence-electron chi connectivity index (χ3n) is 4.76. The zero-order chi connectivity index (χ0) is 18.6. The Morgan fingerprint density at radius 1 is 1.19 bits per heavy atom. The molecule has 2 amide bonds. The number of hydrogen-bond acceptors (Lipinski definition) is 4. The summed E-state index contributed by atoms with van der Waals surface area (Å²) in [5, 5.41) is 14.6. The monoisotopic (exact) mass is 363 g/mol. The SMILES string of the molecule is O=C(NCCn1ncc2ccccc2c1=O)Nc1cccc2c1CCNC2. The molecule has 0 radical (unpaired) electrons. The normalized spacial score (nSPS) is 13.2. The lowest BCUT2D eigenvalue weighted by atomic mass is 9.99. The molecule has 138 valence electrons. The van der Waals surface area contributed by atoms with Gasteiger partial charge in [-0.2, -0.15) is 5.10 Å². The van der Waals surface area contributed by atoms with E-state index >= 15 is 0 Å². The standard InChI is InChI=1S/C20H21N5O2/c26-19-17-6-2-1-4-15(17)13-23-25(19)11-10-22-20(27)24-18-7-3-5-14-12-21-9-8-16(14)18/h1-7,13,21H,8-12H2,(H2,22,24,27). The van der Waals surface area contributed by atoms with Crippen LogP contribution >= 0.6 is 0 Å². The van der Waals surface area contributed by atoms with Crippen molar-refractivity contribution < 1.29 is 4.79 Å². The first-order chi connectivity index (χ1) is 13.2. The number of nitrogens with zero attached hydrogens (tertiary/aromatic N) is 2. The van der Waals surface area contributed by atoms with Crippen molar-refractivity contribution >= 4 is 22.5 Å². The summed E-state index contributed by atoms with van der Waals surface area (Å²) in [7, 11) is 0. The van der Waals surface area contributed by atoms with Crippen LogP contribution in [0.3, 0.4) is 0 Å². The van der Waals surface area contributed by atoms with Crippen molar-refractivity contribution in [2.24, 2.45) is 0 Å². The van der Waals surface area contributed by atoms with E-state index in [9.17, 15) is 9.59 Å². The molecule has 7 nitrogen and oxygen atoms in total. The maximum absolute atomic E-state index is 12.4. The van der Waals surface area contributed by atoms with Gasteiger partial charge in [-0.3, -0.25) is 4.79 Å². The number of fused-ring (bicyclic) bond motifs is 2. The zero-order valence-electron chi connectivity index (χ0n) is 14.9. The zero-order valence-corrected chi connectivity index (χ0v) is 14.9. The summed E-state index contributed by atoms with van der Waals surface area (Å²) >= 11 is 0. The highest BCUT2D eigenvalue weighted by Crippen LogP contribution is 2.22. The van der Waals surface area contributed by atoms with Gasteiger partial charge < -0.3 is 16.0 Å². The first-order valence-corrected chi connectivity index (χ1v) is 9.03. The Morgan fingerprint density at radius 3 is 3.00 bits per heavy atom. The van der Waals surface area contributed by atoms with Crippen molar-refractivity contribution in [2.75, 3.05) is 18.4 Å². The summed E-state index contributed by atoms with van der Waals surface area (Å²) in [6, 6.07) is 13.0. The van der Waals surface area contributed by atoms with E-state index in [1.54, 1.807) is 12.3 Å². The Balaban J connectivity index is 1.38. The van der Waals surface area contributed by atoms with E-state index in [2.05, 4.69) is 27.1 Å². The quantitative estimate of drug-likeness (QED) is 0.660. The lowest BCUT2D eigenvalue weighted by molar-refractivity contribution is 0.251. The summed E-state index contributed by atoms with van der Waals surface area (Å²) in [6.45, 7) is 2.36. The van der Waals surface area contributed by atoms with Crippen molar-refractivity contribution in [3.05, 3.63) is 70.1 Å². The van der Waals surface area contributed by atoms with Gasteiger partial charge >= 0.3 is 6.03 Å². The first-order valence-electron chi connectivity index (χ1n) is 9.03. The molecule has 0 fully saturated rings. The highest BCUT2D eigenvalue weighted by atomic mass is 16.2. The molecule has 0 bridgehead atoms. The topological polar surface area (TPSA) is 88.0 Å². The number of aromatic nitrogens is 2. The van der Waals surface area contributed by atoms with E-state index in [1.165, 1.54) is 15.8 Å². The molecule has 4 rings (SSSR count). The smallest absolute Gasteiger partial charge is 0.319 e. The molecular weight excluding hydrogens is 342 g/mol. The molecule has 2 heterocycles. The highest BCUT2D eigenvalue weighted by molar-refractivity contribution is 5.90. The number of rotatable bonds is 4. The van der Waals surface area contributed by atoms with Crippen molar-refractivity contribution in [3.63, 3.8) is 0 Å². The van der Waals surface area contributed by atoms with Gasteiger partial charge in [0.2, 0.25) is 0 Å². The molecule has 0 unspecified atom stereocenters. The van der Waals surface area contributed by atoms with Crippen molar-refractivity contribution in [1.29, 1.82) is 0 Å². The molecule has 1 aromatic heterocycles. The van der Waals surface area contributed by atoms with Gasteiger partial charge in [0.15, 0.2) is 0 Å². The summed E-state index contributed by atoms with van der Waals surface area (Å²) in [4.78, 5) is 24.7. The molecule has 3 aromatic rings. The number of hydrogen-bond donors (Lipinski definition) is 3. The average molecular weight is 363 g/mol. The van der Waals surface area contributed by atoms with Gasteiger partial charge in [-0.25, -0.2) is 9.48 Å². The minimum atomic E-state index is -0.282. The summed E-state index contributed by atoms with van der Waals surface area (Å²) in [5.41, 5.74) is 3.08. The van der Waals surface area contributed by atoms with Crippen LogP contribution in [0.5, 0.6) is 0 Å². The molecule has 0 saturated carbocycles. The number of urea groups is 1. The van der Waals surface area contributed by atoms with Crippen LogP contribution in [0.25, 0.3) is 10.8 Å². The third-order valence-corrected chi connectivity index (χ3v) is 4.76. The number of amides is 2. The molecule has 0 saturated heterocycles. The van der Waals surface area contributed by atoms with Gasteiger partial charge in [0.05, 0.1) is 18.1 Å². The molecule has 2 aromatic carbocycles. The number of carbonyl (C=O) groups is 1. The predicted octanol–water partition coefficient (Wildman–Crippen LogP) is 1.86. The molecule has 1 aliphatic heterocycles. The second kappa shape index (κ2) is 7.59. The van der Waals surface area contributed by atoms with Crippen LogP contribution in [0.1, 0.15) is 11.1 Å². The van der Waals surface area contributed by atoms with Gasteiger partial charge in [-0.05, 0) is 36.2 Å². The Bertz CT molecular complexity index is 1040. The van der Waals surface area contributed by atoms with Gasteiger partial charge in [-0.1, -0.05) is 30.3 Å². The fourth-order valence-corrected chi connectivity index (χ4v) is 3.38. The van der Waals surface area contributed by atoms with Crippen LogP contribution in [0.15, 0.2) is 53.5 Å². The van der Waals surface area contributed by atoms with Crippen LogP contribution in [0, 0.1) is 0 Å². The summed E-state index contributed by atoms with van der Waals surface area (Å²) in [5.74, 6) is 0. The average Bonchev–Trinajstić information content (AvgIpc) is 2.70. The Labute approximate surface area is 156 Å². The molecule has 3 N–H and O–H groups in total. The molecular formula is C20H21N5O2. The second-order valence-electron chi connectivity index (χ2n) is 6.51. The Kier molecular flexibility index (Phi) is 4.84. The number of benzene rings is 2. The number of carbonyl (C=O) groups excluding carboxylic acids is 1. The Hall–Kier alpha value is -3.19. The largest absolute Gasteiger partial charge is 0.336 e. The van der Waals surface area contributed by atoms with E-state index in [-0.39, 0.29) is 11.6 Å². The molecule has 27 heavy (non-hydrogen) atoms. The van der Waals surface area contributed by atoms with E-state index in [0.717, 1.165) is 30.6 Å². The number of anilines is 1. The first kappa shape index (κ1) is 17.2. The Morgan fingerprint density at radius 2 is 2.07 bits per heavy atom. The van der Waals surface area contributed by atoms with E-state index in [1.807, 2.05) is 30.3 Å². The van der Waals surface area contributed by atoms with E-state index in [4.69, 9.17) is 0 Å². The van der Waals surface area contributed by atoms with Crippen molar-refractivity contribution in [3.8, 4) is 0 Å². The number of nitrogens with one attached hydrogen (secondary N) is 3. The second-order valence-corrected chi connectivity index (χ2v) is 6.51. The van der Waals surface area contributed by atoms with Crippen LogP contribution in [0.4, 0.5) is 10.5 Å². The molecule has 0 spiro atoms. The van der Waals surface area contributed by atoms with Crippen LogP contribution in [-0.2, 0) is 19.5 Å². The lowest BCUT2D eigenvalue weighted by Crippen LogP contribution is -2.35. The lowest BCUT2D eigenvalue weighted by Gasteiger charge is -2.20. The molecule has 1 aliphatic rings. The maximum Gasteiger partial charge on any atom is 0.319 e. The predicted molar refractivity (Wildman–Crippen MR) is 105 cm³/mol. The molecule has 0 atom stereocenters.